The van der Waals surface area contributed by atoms with E-state index >= 15 is 8.78 Å². The quantitative estimate of drug-likeness (QED) is 0.259. The Hall–Kier alpha value is -5.36. The molecule has 238 valence electrons. The number of hydrogen-bond acceptors (Lipinski definition) is 4. The van der Waals surface area contributed by atoms with Crippen LogP contribution in [0.25, 0.3) is 22.3 Å². The highest BCUT2D eigenvalue weighted by Crippen LogP contribution is 2.48. The zero-order valence-electron chi connectivity index (χ0n) is 21.7. The molecule has 0 fully saturated rings. The van der Waals surface area contributed by atoms with Crippen LogP contribution in [0.5, 0.6) is 0 Å². The zero-order valence-corrected chi connectivity index (χ0v) is 21.7. The van der Waals surface area contributed by atoms with E-state index in [9.17, 15) is 73.7 Å². The van der Waals surface area contributed by atoms with Crippen LogP contribution in [0.4, 0.5) is 61.5 Å². The fourth-order valence-electron chi connectivity index (χ4n) is 4.35. The molecule has 0 saturated heterocycles. The summed E-state index contributed by atoms with van der Waals surface area (Å²) in [6.45, 7) is 0. The third-order valence-electron chi connectivity index (χ3n) is 6.30. The van der Waals surface area contributed by atoms with Gasteiger partial charge in [-0.25, -0.2) is 8.78 Å². The smallest absolute Gasteiger partial charge is 0.206 e. The van der Waals surface area contributed by atoms with E-state index in [1.807, 2.05) is 0 Å². The molecule has 0 N–H and O–H groups in total. The first kappa shape index (κ1) is 35.1. The first-order valence-corrected chi connectivity index (χ1v) is 11.7. The van der Waals surface area contributed by atoms with Crippen LogP contribution in [0.15, 0.2) is 36.4 Å². The summed E-state index contributed by atoms with van der Waals surface area (Å²) < 4.78 is 196. The largest absolute Gasteiger partial charge is 0.416 e. The molecule has 18 heteroatoms. The predicted octanol–water partition coefficient (Wildman–Crippen LogP) is 9.64. The average molecular weight is 666 g/mol. The highest BCUT2D eigenvalue weighted by Gasteiger charge is 2.41. The Morgan fingerprint density at radius 1 is 0.413 bits per heavy atom. The Morgan fingerprint density at radius 3 is 0.804 bits per heavy atom. The summed E-state index contributed by atoms with van der Waals surface area (Å²) in [5.41, 5.74) is -18.4. The SMILES string of the molecule is N#CC(C#N)c1c(F)c(-c2cc(C(F)(F)F)cc(C(F)(F)F)c2)c(C(C#N)C#N)c(F)c1-c1cc(C(F)(F)F)cc(C(F)(F)F)c1. The van der Waals surface area contributed by atoms with Crippen LogP contribution in [-0.4, -0.2) is 0 Å². The zero-order chi connectivity index (χ0) is 35.2. The van der Waals surface area contributed by atoms with Gasteiger partial charge in [0.2, 0.25) is 0 Å². The maximum atomic E-state index is 16.4. The molecule has 3 aromatic rings. The maximum absolute atomic E-state index is 16.4. The third-order valence-corrected chi connectivity index (χ3v) is 6.30. The minimum Gasteiger partial charge on any atom is -0.206 e. The molecule has 0 bridgehead atoms. The second-order valence-electron chi connectivity index (χ2n) is 9.18. The number of nitrogens with zero attached hydrogens (tertiary/aromatic N) is 4. The van der Waals surface area contributed by atoms with E-state index in [0.717, 1.165) is 24.3 Å². The minimum absolute atomic E-state index is 0.175. The van der Waals surface area contributed by atoms with Crippen molar-refractivity contribution in [3.05, 3.63) is 81.4 Å². The van der Waals surface area contributed by atoms with E-state index in [2.05, 4.69) is 0 Å². The Balaban J connectivity index is 2.75. The lowest BCUT2D eigenvalue weighted by Gasteiger charge is -2.23. The molecule has 0 aliphatic carbocycles. The molecule has 0 heterocycles. The van der Waals surface area contributed by atoms with Crippen molar-refractivity contribution in [2.45, 2.75) is 36.5 Å². The van der Waals surface area contributed by atoms with Gasteiger partial charge in [-0.3, -0.25) is 0 Å². The minimum atomic E-state index is -5.59. The molecule has 0 spiro atoms. The van der Waals surface area contributed by atoms with E-state index < -0.39 is 116 Å². The van der Waals surface area contributed by atoms with Crippen LogP contribution in [0.2, 0.25) is 0 Å². The van der Waals surface area contributed by atoms with Crippen molar-refractivity contribution in [1.82, 2.24) is 0 Å². The summed E-state index contributed by atoms with van der Waals surface area (Å²) in [5.74, 6) is -9.91. The summed E-state index contributed by atoms with van der Waals surface area (Å²) >= 11 is 0. The highest BCUT2D eigenvalue weighted by atomic mass is 19.4. The van der Waals surface area contributed by atoms with Crippen molar-refractivity contribution in [3.63, 3.8) is 0 Å². The van der Waals surface area contributed by atoms with Gasteiger partial charge in [-0.05, 0) is 47.5 Å². The molecular weight excluding hydrogens is 658 g/mol. The number of nitriles is 4. The lowest BCUT2D eigenvalue weighted by Crippen LogP contribution is -2.15. The maximum Gasteiger partial charge on any atom is 0.416 e. The molecule has 3 aromatic carbocycles. The van der Waals surface area contributed by atoms with Crippen molar-refractivity contribution >= 4 is 0 Å². The number of hydrogen-bond donors (Lipinski definition) is 0. The molecule has 0 aliphatic rings. The molecule has 0 aromatic heterocycles. The van der Waals surface area contributed by atoms with Crippen LogP contribution in [0.1, 0.15) is 45.2 Å². The van der Waals surface area contributed by atoms with Gasteiger partial charge in [-0.15, -0.1) is 0 Å². The van der Waals surface area contributed by atoms with Gasteiger partial charge < -0.3 is 0 Å². The first-order valence-electron chi connectivity index (χ1n) is 11.7. The molecule has 4 nitrogen and oxygen atoms in total. The van der Waals surface area contributed by atoms with Gasteiger partial charge in [0.05, 0.1) is 46.5 Å². The Bertz CT molecular complexity index is 1640. The number of rotatable bonds is 4. The summed E-state index contributed by atoms with van der Waals surface area (Å²) in [6.07, 6.45) is -22.4. The van der Waals surface area contributed by atoms with Gasteiger partial charge in [0, 0.05) is 22.3 Å². The topological polar surface area (TPSA) is 95.2 Å². The highest BCUT2D eigenvalue weighted by molar-refractivity contribution is 5.82. The lowest BCUT2D eigenvalue weighted by atomic mass is 9.80. The Morgan fingerprint density at radius 2 is 0.630 bits per heavy atom. The Kier molecular flexibility index (Phi) is 9.06. The van der Waals surface area contributed by atoms with Crippen molar-refractivity contribution < 1.29 is 61.5 Å². The molecule has 0 aliphatic heterocycles. The molecule has 0 radical (unpaired) electrons. The summed E-state index contributed by atoms with van der Waals surface area (Å²) in [4.78, 5) is 0. The summed E-state index contributed by atoms with van der Waals surface area (Å²) in [5, 5.41) is 37.8. The standard InChI is InChI=1S/C28H8F14N4/c29-23-19(11-1-15(25(31,32)33)5-16(2-11)26(34,35)36)21(13(7-43)8-44)24(30)20(22(23)14(9-45)10-46)12-3-17(27(37,38)39)6-18(4-12)28(40,41)42/h1-6,13-14H. The molecule has 0 amide bonds. The molecule has 3 rings (SSSR count). The van der Waals surface area contributed by atoms with Crippen LogP contribution >= 0.6 is 0 Å². The first-order chi connectivity index (χ1) is 21.0. The van der Waals surface area contributed by atoms with Crippen LogP contribution in [0.3, 0.4) is 0 Å². The van der Waals surface area contributed by atoms with E-state index in [4.69, 9.17) is 0 Å². The van der Waals surface area contributed by atoms with E-state index in [-0.39, 0.29) is 24.3 Å². The van der Waals surface area contributed by atoms with Crippen LogP contribution in [-0.2, 0) is 24.7 Å². The second kappa shape index (κ2) is 11.9. The van der Waals surface area contributed by atoms with Gasteiger partial charge in [0.1, 0.15) is 11.6 Å². The monoisotopic (exact) mass is 666 g/mol. The number of halogens is 14. The second-order valence-corrected chi connectivity index (χ2v) is 9.18. The van der Waals surface area contributed by atoms with E-state index in [1.165, 1.54) is 0 Å². The summed E-state index contributed by atoms with van der Waals surface area (Å²) in [6, 6.07) is 2.67. The number of benzene rings is 3. The van der Waals surface area contributed by atoms with Crippen molar-refractivity contribution in [2.24, 2.45) is 0 Å². The van der Waals surface area contributed by atoms with Crippen LogP contribution in [0, 0.1) is 57.0 Å². The van der Waals surface area contributed by atoms with Crippen molar-refractivity contribution in [3.8, 4) is 46.5 Å². The normalized spacial score (nSPS) is 12.4. The molecule has 46 heavy (non-hydrogen) atoms. The molecule has 0 atom stereocenters. The molecular formula is C28H8F14N4. The van der Waals surface area contributed by atoms with Crippen LogP contribution < -0.4 is 0 Å². The van der Waals surface area contributed by atoms with E-state index in [0.29, 0.717) is 0 Å². The molecule has 0 unspecified atom stereocenters. The lowest BCUT2D eigenvalue weighted by molar-refractivity contribution is -0.144. The van der Waals surface area contributed by atoms with Gasteiger partial charge in [0.25, 0.3) is 0 Å². The average Bonchev–Trinajstić information content (AvgIpc) is 2.94. The fourth-order valence-corrected chi connectivity index (χ4v) is 4.35. The van der Waals surface area contributed by atoms with Crippen molar-refractivity contribution in [1.29, 1.82) is 21.0 Å². The third kappa shape index (κ3) is 6.66. The Labute approximate surface area is 247 Å². The van der Waals surface area contributed by atoms with Crippen molar-refractivity contribution in [2.75, 3.05) is 0 Å². The van der Waals surface area contributed by atoms with Gasteiger partial charge in [-0.1, -0.05) is 0 Å². The van der Waals surface area contributed by atoms with Gasteiger partial charge in [-0.2, -0.15) is 73.7 Å². The molecule has 0 saturated carbocycles. The number of alkyl halides is 12. The fraction of sp³-hybridized carbons (Fsp3) is 0.214. The summed E-state index contributed by atoms with van der Waals surface area (Å²) in [7, 11) is 0. The van der Waals surface area contributed by atoms with Gasteiger partial charge in [0.15, 0.2) is 11.8 Å². The van der Waals surface area contributed by atoms with E-state index in [1.54, 1.807) is 0 Å². The predicted molar refractivity (Wildman–Crippen MR) is 125 cm³/mol. The van der Waals surface area contributed by atoms with Gasteiger partial charge >= 0.3 is 24.7 Å².